The molecule has 1 atom stereocenters. The van der Waals surface area contributed by atoms with Crippen LogP contribution in [0.15, 0.2) is 12.0 Å². The molecule has 128 valence electrons. The largest absolute Gasteiger partial charge is 0.534 e. The first kappa shape index (κ1) is 18.6. The Labute approximate surface area is 127 Å². The van der Waals surface area contributed by atoms with Crippen molar-refractivity contribution >= 4 is 16.2 Å². The van der Waals surface area contributed by atoms with Crippen LogP contribution in [0.3, 0.4) is 0 Å². The third-order valence-corrected chi connectivity index (χ3v) is 3.49. The van der Waals surface area contributed by atoms with Gasteiger partial charge in [-0.2, -0.15) is 21.6 Å². The standard InChI is InChI=1S/C12H18F3NO5S/c1-8-5-9(21-22(18,19)12(13,14)15)7-16(6-8)10(17)20-11(2,3)4/h7-8H,5-6H2,1-4H3/t8-/m1/s1. The molecule has 0 aromatic heterocycles. The van der Waals surface area contributed by atoms with Gasteiger partial charge >= 0.3 is 21.7 Å². The lowest BCUT2D eigenvalue weighted by atomic mass is 10.0. The van der Waals surface area contributed by atoms with E-state index in [2.05, 4.69) is 4.18 Å². The lowest BCUT2D eigenvalue weighted by Crippen LogP contribution is -2.39. The zero-order chi connectivity index (χ0) is 17.3. The molecule has 0 unspecified atom stereocenters. The van der Waals surface area contributed by atoms with Crippen molar-refractivity contribution in [1.29, 1.82) is 0 Å². The van der Waals surface area contributed by atoms with E-state index < -0.39 is 33.1 Å². The molecule has 1 heterocycles. The fourth-order valence-electron chi connectivity index (χ4n) is 1.71. The normalized spacial score (nSPS) is 20.4. The summed E-state index contributed by atoms with van der Waals surface area (Å²) in [5, 5.41) is 0. The first-order chi connectivity index (χ1) is 9.71. The van der Waals surface area contributed by atoms with E-state index in [9.17, 15) is 26.4 Å². The van der Waals surface area contributed by atoms with Crippen molar-refractivity contribution in [2.75, 3.05) is 6.54 Å². The van der Waals surface area contributed by atoms with Gasteiger partial charge in [-0.3, -0.25) is 4.90 Å². The van der Waals surface area contributed by atoms with Crippen LogP contribution in [0.5, 0.6) is 0 Å². The second kappa shape index (κ2) is 5.98. The molecule has 0 N–H and O–H groups in total. The van der Waals surface area contributed by atoms with Crippen LogP contribution < -0.4 is 0 Å². The molecule has 1 rings (SSSR count). The Kier molecular flexibility index (Phi) is 5.05. The van der Waals surface area contributed by atoms with Crippen molar-refractivity contribution in [2.45, 2.75) is 45.2 Å². The Morgan fingerprint density at radius 2 is 1.86 bits per heavy atom. The smallest absolute Gasteiger partial charge is 0.443 e. The Morgan fingerprint density at radius 3 is 2.32 bits per heavy atom. The zero-order valence-corrected chi connectivity index (χ0v) is 13.4. The molecule has 1 aliphatic rings. The van der Waals surface area contributed by atoms with Gasteiger partial charge in [0.25, 0.3) is 0 Å². The number of amides is 1. The second-order valence-electron chi connectivity index (χ2n) is 6.02. The molecule has 0 saturated heterocycles. The van der Waals surface area contributed by atoms with E-state index in [4.69, 9.17) is 4.74 Å². The molecule has 1 amide bonds. The van der Waals surface area contributed by atoms with Gasteiger partial charge in [0, 0.05) is 19.2 Å². The van der Waals surface area contributed by atoms with Crippen molar-refractivity contribution in [3.63, 3.8) is 0 Å². The van der Waals surface area contributed by atoms with Gasteiger partial charge in [-0.25, -0.2) is 4.79 Å². The molecule has 1 aliphatic heterocycles. The molecule has 0 spiro atoms. The van der Waals surface area contributed by atoms with Crippen LogP contribution >= 0.6 is 0 Å². The molecule has 0 aliphatic carbocycles. The lowest BCUT2D eigenvalue weighted by Gasteiger charge is -2.30. The Balaban J connectivity index is 2.94. The molecule has 0 bridgehead atoms. The molecule has 0 aromatic carbocycles. The first-order valence-corrected chi connectivity index (χ1v) is 7.83. The van der Waals surface area contributed by atoms with Crippen LogP contribution in [0.2, 0.25) is 0 Å². The summed E-state index contributed by atoms with van der Waals surface area (Å²) in [6.45, 7) is 6.73. The predicted molar refractivity (Wildman–Crippen MR) is 70.9 cm³/mol. The third-order valence-electron chi connectivity index (χ3n) is 2.49. The summed E-state index contributed by atoms with van der Waals surface area (Å²) >= 11 is 0. The van der Waals surface area contributed by atoms with Gasteiger partial charge in [-0.1, -0.05) is 6.92 Å². The lowest BCUT2D eigenvalue weighted by molar-refractivity contribution is -0.0526. The second-order valence-corrected chi connectivity index (χ2v) is 7.56. The van der Waals surface area contributed by atoms with Crippen molar-refractivity contribution in [3.05, 3.63) is 12.0 Å². The first-order valence-electron chi connectivity index (χ1n) is 6.42. The fourth-order valence-corrected chi connectivity index (χ4v) is 2.20. The molecular weight excluding hydrogens is 327 g/mol. The molecule has 0 fully saturated rings. The highest BCUT2D eigenvalue weighted by molar-refractivity contribution is 7.87. The Morgan fingerprint density at radius 1 is 1.32 bits per heavy atom. The van der Waals surface area contributed by atoms with E-state index in [1.807, 2.05) is 0 Å². The van der Waals surface area contributed by atoms with Crippen LogP contribution in [0, 0.1) is 5.92 Å². The van der Waals surface area contributed by atoms with Gasteiger partial charge < -0.3 is 8.92 Å². The highest BCUT2D eigenvalue weighted by Crippen LogP contribution is 2.30. The van der Waals surface area contributed by atoms with Crippen LogP contribution in [0.1, 0.15) is 34.1 Å². The molecule has 10 heteroatoms. The molecule has 6 nitrogen and oxygen atoms in total. The number of hydrogen-bond acceptors (Lipinski definition) is 5. The van der Waals surface area contributed by atoms with Crippen LogP contribution in [-0.4, -0.2) is 37.1 Å². The Hall–Kier alpha value is -1.45. The average molecular weight is 345 g/mol. The summed E-state index contributed by atoms with van der Waals surface area (Å²) in [4.78, 5) is 12.9. The van der Waals surface area contributed by atoms with Crippen LogP contribution in [-0.2, 0) is 19.0 Å². The summed E-state index contributed by atoms with van der Waals surface area (Å²) in [5.74, 6) is -0.738. The number of ether oxygens (including phenoxy) is 1. The number of carbonyl (C=O) groups is 1. The zero-order valence-electron chi connectivity index (χ0n) is 12.6. The minimum Gasteiger partial charge on any atom is -0.443 e. The summed E-state index contributed by atoms with van der Waals surface area (Å²) in [7, 11) is -5.75. The van der Waals surface area contributed by atoms with E-state index in [0.29, 0.717) is 0 Å². The van der Waals surface area contributed by atoms with Gasteiger partial charge in [-0.15, -0.1) is 0 Å². The van der Waals surface area contributed by atoms with Gasteiger partial charge in [0.15, 0.2) is 0 Å². The van der Waals surface area contributed by atoms with Crippen molar-refractivity contribution < 1.29 is 35.3 Å². The summed E-state index contributed by atoms with van der Waals surface area (Å²) in [6, 6.07) is 0. The van der Waals surface area contributed by atoms with Gasteiger partial charge in [0.1, 0.15) is 11.4 Å². The van der Waals surface area contributed by atoms with Gasteiger partial charge in [-0.05, 0) is 26.7 Å². The van der Waals surface area contributed by atoms with Crippen molar-refractivity contribution in [2.24, 2.45) is 5.92 Å². The molecular formula is C12H18F3NO5S. The topological polar surface area (TPSA) is 72.9 Å². The highest BCUT2D eigenvalue weighted by atomic mass is 32.2. The molecule has 0 saturated carbocycles. The van der Waals surface area contributed by atoms with Crippen LogP contribution in [0.4, 0.5) is 18.0 Å². The number of alkyl halides is 3. The molecule has 0 radical (unpaired) electrons. The average Bonchev–Trinajstić information content (AvgIpc) is 2.23. The predicted octanol–water partition coefficient (Wildman–Crippen LogP) is 2.97. The maximum atomic E-state index is 12.3. The molecule has 0 aromatic rings. The van der Waals surface area contributed by atoms with Gasteiger partial charge in [0.05, 0.1) is 0 Å². The van der Waals surface area contributed by atoms with E-state index in [1.165, 1.54) is 0 Å². The maximum absolute atomic E-state index is 12.3. The fraction of sp³-hybridized carbons (Fsp3) is 0.750. The van der Waals surface area contributed by atoms with Crippen molar-refractivity contribution in [1.82, 2.24) is 4.90 Å². The number of nitrogens with zero attached hydrogens (tertiary/aromatic N) is 1. The summed E-state index contributed by atoms with van der Waals surface area (Å²) in [6.07, 6.45) is 0.107. The number of hydrogen-bond donors (Lipinski definition) is 0. The van der Waals surface area contributed by atoms with Gasteiger partial charge in [0.2, 0.25) is 0 Å². The highest BCUT2D eigenvalue weighted by Gasteiger charge is 2.49. The van der Waals surface area contributed by atoms with Crippen molar-refractivity contribution in [3.8, 4) is 0 Å². The van der Waals surface area contributed by atoms with E-state index in [-0.39, 0.29) is 18.9 Å². The minimum absolute atomic E-state index is 0.0331. The summed E-state index contributed by atoms with van der Waals surface area (Å²) < 4.78 is 68.1. The maximum Gasteiger partial charge on any atom is 0.534 e. The Bertz CT molecular complexity index is 562. The third kappa shape index (κ3) is 5.08. The summed E-state index contributed by atoms with van der Waals surface area (Å²) in [5.41, 5.74) is -6.31. The van der Waals surface area contributed by atoms with E-state index >= 15 is 0 Å². The van der Waals surface area contributed by atoms with E-state index in [1.54, 1.807) is 27.7 Å². The number of carbonyl (C=O) groups excluding carboxylic acids is 1. The monoisotopic (exact) mass is 345 g/mol. The number of halogens is 3. The SMILES string of the molecule is C[C@@H]1CC(OS(=O)(=O)C(F)(F)F)=CN(C(=O)OC(C)(C)C)C1. The van der Waals surface area contributed by atoms with Crippen LogP contribution in [0.25, 0.3) is 0 Å². The molecule has 22 heavy (non-hydrogen) atoms. The number of allylic oxidation sites excluding steroid dienone is 1. The number of rotatable bonds is 2. The quantitative estimate of drug-likeness (QED) is 0.568. The minimum atomic E-state index is -5.75. The van der Waals surface area contributed by atoms with E-state index in [0.717, 1.165) is 11.1 Å².